The molecule has 0 saturated carbocycles. The Hall–Kier alpha value is -7.67. The highest BCUT2D eigenvalue weighted by Gasteiger charge is 2.41. The lowest BCUT2D eigenvalue weighted by molar-refractivity contribution is -0.144. The number of carbonyl (C=O) groups is 11. The van der Waals surface area contributed by atoms with Crippen molar-refractivity contribution < 1.29 is 68.1 Å². The zero-order valence-electron chi connectivity index (χ0n) is 37.5. The highest BCUT2D eigenvalue weighted by atomic mass is 16.4. The first-order valence-corrected chi connectivity index (χ1v) is 22.0. The van der Waals surface area contributed by atoms with Crippen LogP contribution in [0.15, 0.2) is 36.5 Å². The fourth-order valence-electron chi connectivity index (χ4n) is 7.53. The first-order chi connectivity index (χ1) is 32.2. The molecule has 370 valence electrons. The maximum absolute atomic E-state index is 14.2. The summed E-state index contributed by atoms with van der Waals surface area (Å²) in [6.07, 6.45) is -1.90. The van der Waals surface area contributed by atoms with E-state index in [1.165, 1.54) is 6.20 Å². The van der Waals surface area contributed by atoms with Crippen LogP contribution in [0.4, 0.5) is 0 Å². The summed E-state index contributed by atoms with van der Waals surface area (Å²) >= 11 is 0. The molecule has 0 aliphatic carbocycles. The van der Waals surface area contributed by atoms with E-state index in [-0.39, 0.29) is 56.7 Å². The van der Waals surface area contributed by atoms with Gasteiger partial charge in [0.1, 0.15) is 48.8 Å². The molecule has 7 atom stereocenters. The third-order valence-corrected chi connectivity index (χ3v) is 11.0. The van der Waals surface area contributed by atoms with Crippen LogP contribution >= 0.6 is 0 Å². The van der Waals surface area contributed by atoms with E-state index in [0.717, 1.165) is 15.3 Å². The van der Waals surface area contributed by atoms with Crippen LogP contribution in [0, 0.1) is 5.92 Å². The third kappa shape index (κ3) is 16.6. The van der Waals surface area contributed by atoms with Gasteiger partial charge in [0.05, 0.1) is 18.3 Å². The van der Waals surface area contributed by atoms with Crippen molar-refractivity contribution in [3.8, 4) is 0 Å². The molecule has 1 saturated heterocycles. The number of nitrogens with two attached hydrogens (primary N) is 1. The number of amides is 8. The molecule has 3 heterocycles. The number of aromatic nitrogens is 3. The zero-order valence-corrected chi connectivity index (χ0v) is 37.5. The van der Waals surface area contributed by atoms with E-state index >= 15 is 0 Å². The van der Waals surface area contributed by atoms with Crippen LogP contribution in [0.1, 0.15) is 82.9 Å². The lowest BCUT2D eigenvalue weighted by atomic mass is 10.0. The number of nitrogens with one attached hydrogen (secondary N) is 7. The number of carboxylic acid groups (broad SMARTS) is 3. The van der Waals surface area contributed by atoms with Crippen LogP contribution in [0.2, 0.25) is 0 Å². The number of hydrogen-bond acceptors (Lipinski definition) is 14. The van der Waals surface area contributed by atoms with Gasteiger partial charge in [-0.2, -0.15) is 4.79 Å². The van der Waals surface area contributed by atoms with Crippen LogP contribution in [-0.4, -0.2) is 156 Å². The van der Waals surface area contributed by atoms with E-state index in [0.29, 0.717) is 0 Å². The van der Waals surface area contributed by atoms with Crippen molar-refractivity contribution in [3.63, 3.8) is 0 Å². The average molecular weight is 955 g/mol. The molecule has 8 amide bonds. The Morgan fingerprint density at radius 1 is 0.721 bits per heavy atom. The number of carbonyl (C=O) groups excluding carboxylic acids is 8. The molecule has 12 N–H and O–H groups in total. The summed E-state index contributed by atoms with van der Waals surface area (Å²) in [6, 6.07) is -1.77. The van der Waals surface area contributed by atoms with Crippen LogP contribution < -0.4 is 43.1 Å². The predicted molar refractivity (Wildman–Crippen MR) is 234 cm³/mol. The van der Waals surface area contributed by atoms with E-state index < -0.39 is 146 Å². The molecular formula is C42H58N12O14. The molecule has 1 fully saturated rings. The number of hydrogen-bond donors (Lipinski definition) is 11. The quantitative estimate of drug-likeness (QED) is 0.0881. The second-order valence-corrected chi connectivity index (χ2v) is 16.8. The molecule has 26 nitrogen and oxygen atoms in total. The number of aliphatic carboxylic acids is 3. The SMILES string of the molecule is CC(C)C[C@@H]1NC(=O)[C@@H]2CCCN2C(=O)[C@H](CCC(=O)O)NC(=O)[C@H](CC(=O)O)NC(=O)[C@H](CCc2ccccc2)NC(=O)CNn2cc(nn2)C[C@@H](C(N)=O)NC(=O)[C@H](CCC(=O)O)NC1=O. The van der Waals surface area contributed by atoms with E-state index in [1.807, 2.05) is 0 Å². The largest absolute Gasteiger partial charge is 0.481 e. The fraction of sp³-hybridized carbons (Fsp3) is 0.548. The molecular weight excluding hydrogens is 897 g/mol. The lowest BCUT2D eigenvalue weighted by Gasteiger charge is -2.31. The summed E-state index contributed by atoms with van der Waals surface area (Å²) in [7, 11) is 0. The van der Waals surface area contributed by atoms with E-state index in [2.05, 4.69) is 47.6 Å². The zero-order chi connectivity index (χ0) is 50.1. The van der Waals surface area contributed by atoms with Crippen molar-refractivity contribution >= 4 is 65.2 Å². The Labute approximate surface area is 389 Å². The van der Waals surface area contributed by atoms with Crippen molar-refractivity contribution in [1.82, 2.24) is 51.9 Å². The summed E-state index contributed by atoms with van der Waals surface area (Å²) in [6.45, 7) is 2.86. The second kappa shape index (κ2) is 25.3. The van der Waals surface area contributed by atoms with Gasteiger partial charge in [-0.1, -0.05) is 44.2 Å². The summed E-state index contributed by atoms with van der Waals surface area (Å²) in [4.78, 5) is 147. The maximum Gasteiger partial charge on any atom is 0.305 e. The fourth-order valence-corrected chi connectivity index (χ4v) is 7.53. The monoisotopic (exact) mass is 954 g/mol. The van der Waals surface area contributed by atoms with Crippen LogP contribution in [0.25, 0.3) is 0 Å². The van der Waals surface area contributed by atoms with E-state index in [4.69, 9.17) is 5.73 Å². The lowest BCUT2D eigenvalue weighted by Crippen LogP contribution is -2.60. The molecule has 26 heteroatoms. The molecule has 2 bridgehead atoms. The number of fused-ring (bicyclic) bond motifs is 3. The second-order valence-electron chi connectivity index (χ2n) is 16.8. The molecule has 1 aromatic carbocycles. The summed E-state index contributed by atoms with van der Waals surface area (Å²) in [5.41, 5.74) is 9.08. The van der Waals surface area contributed by atoms with Crippen molar-refractivity contribution in [3.05, 3.63) is 47.8 Å². The number of primary amides is 1. The van der Waals surface area contributed by atoms with Crippen molar-refractivity contribution in [1.29, 1.82) is 0 Å². The van der Waals surface area contributed by atoms with Gasteiger partial charge in [0.2, 0.25) is 47.3 Å². The van der Waals surface area contributed by atoms with Crippen LogP contribution in [-0.2, 0) is 65.6 Å². The van der Waals surface area contributed by atoms with Crippen LogP contribution in [0.3, 0.4) is 0 Å². The van der Waals surface area contributed by atoms with Gasteiger partial charge in [0.25, 0.3) is 0 Å². The van der Waals surface area contributed by atoms with Gasteiger partial charge in [0.15, 0.2) is 0 Å². The highest BCUT2D eigenvalue weighted by Crippen LogP contribution is 2.21. The molecule has 0 unspecified atom stereocenters. The highest BCUT2D eigenvalue weighted by molar-refractivity contribution is 5.98. The number of carboxylic acids is 3. The minimum atomic E-state index is -1.86. The standard InChI is InChI=1S/C42H58N12O14/c1-22(2)17-29-39(65)46-26(12-14-33(56)57)38(64)48-28(36(43)62)18-24-21-54(52-51-24)44-20-32(55)45-25(11-10-23-7-4-3-5-8-23)37(63)49-30(19-35(60)61)40(66)47-27(13-15-34(58)59)42(68)53-16-6-9-31(53)41(67)50-29/h3-5,7-8,21-22,25-31,44H,6,9-20H2,1-2H3,(H2,43,62)(H,45,55)(H,46,65)(H,47,66)(H,48,64)(H,49,63)(H,50,67)(H,56,57)(H,58,59)(H,60,61)/t25-,26-,27-,28-,29-,30-,31-/m0/s1. The molecule has 1 aromatic heterocycles. The normalized spacial score (nSPS) is 23.9. The molecule has 2 aliphatic rings. The van der Waals surface area contributed by atoms with Gasteiger partial charge >= 0.3 is 17.9 Å². The number of rotatable bonds is 14. The molecule has 0 radical (unpaired) electrons. The Bertz CT molecular complexity index is 2190. The Morgan fingerprint density at radius 2 is 1.29 bits per heavy atom. The Balaban J connectivity index is 1.74. The third-order valence-electron chi connectivity index (χ3n) is 11.0. The van der Waals surface area contributed by atoms with Gasteiger partial charge in [-0.15, -0.1) is 5.10 Å². The van der Waals surface area contributed by atoms with Gasteiger partial charge < -0.3 is 57.9 Å². The van der Waals surface area contributed by atoms with Gasteiger partial charge in [0, 0.05) is 25.8 Å². The van der Waals surface area contributed by atoms with Crippen molar-refractivity contribution in [2.75, 3.05) is 18.5 Å². The average Bonchev–Trinajstić information content (AvgIpc) is 3.96. The molecule has 2 aromatic rings. The molecule has 68 heavy (non-hydrogen) atoms. The minimum Gasteiger partial charge on any atom is -0.481 e. The Morgan fingerprint density at radius 3 is 1.93 bits per heavy atom. The smallest absolute Gasteiger partial charge is 0.305 e. The number of nitrogens with zero attached hydrogens (tertiary/aromatic N) is 4. The Kier molecular flexibility index (Phi) is 19.7. The molecule has 0 spiro atoms. The minimum absolute atomic E-state index is 0.0126. The molecule has 4 rings (SSSR count). The van der Waals surface area contributed by atoms with E-state index in [9.17, 15) is 68.1 Å². The first-order valence-electron chi connectivity index (χ1n) is 22.0. The van der Waals surface area contributed by atoms with Gasteiger partial charge in [-0.05, 0) is 61.6 Å². The molecule has 2 aliphatic heterocycles. The number of aryl methyl sites for hydroxylation is 1. The first kappa shape index (κ1) is 52.9. The predicted octanol–water partition coefficient (Wildman–Crippen LogP) is -3.35. The topological polar surface area (TPSA) is 393 Å². The van der Waals surface area contributed by atoms with E-state index in [1.54, 1.807) is 44.2 Å². The summed E-state index contributed by atoms with van der Waals surface area (Å²) in [5, 5.41) is 51.3. The number of benzene rings is 1. The maximum atomic E-state index is 14.2. The summed E-state index contributed by atoms with van der Waals surface area (Å²) < 4.78 is 0. The van der Waals surface area contributed by atoms with Crippen molar-refractivity contribution in [2.24, 2.45) is 11.7 Å². The summed E-state index contributed by atoms with van der Waals surface area (Å²) in [5.74, 6) is -12.1. The van der Waals surface area contributed by atoms with Gasteiger partial charge in [-0.3, -0.25) is 58.2 Å². The van der Waals surface area contributed by atoms with Crippen molar-refractivity contribution in [2.45, 2.75) is 127 Å². The van der Waals surface area contributed by atoms with Gasteiger partial charge in [-0.25, -0.2) is 0 Å². The van der Waals surface area contributed by atoms with Crippen LogP contribution in [0.5, 0.6) is 0 Å².